The smallest absolute Gasteiger partial charge is 0.317 e. The van der Waals surface area contributed by atoms with Crippen LogP contribution in [0, 0.1) is 11.8 Å². The first-order valence-electron chi connectivity index (χ1n) is 9.07. The second-order valence-electron chi connectivity index (χ2n) is 7.53. The molecule has 0 unspecified atom stereocenters. The van der Waals surface area contributed by atoms with Crippen LogP contribution in [0.25, 0.3) is 0 Å². The van der Waals surface area contributed by atoms with Gasteiger partial charge in [0.1, 0.15) is 5.76 Å². The van der Waals surface area contributed by atoms with E-state index in [4.69, 9.17) is 9.15 Å². The third kappa shape index (κ3) is 3.59. The van der Waals surface area contributed by atoms with Gasteiger partial charge in [-0.05, 0) is 44.4 Å². The maximum Gasteiger partial charge on any atom is 0.317 e. The molecule has 1 saturated carbocycles. The van der Waals surface area contributed by atoms with Gasteiger partial charge in [0, 0.05) is 31.6 Å². The molecule has 1 aliphatic carbocycles. The third-order valence-corrected chi connectivity index (χ3v) is 5.50. The van der Waals surface area contributed by atoms with E-state index in [9.17, 15) is 4.79 Å². The van der Waals surface area contributed by atoms with Crippen LogP contribution in [-0.2, 0) is 11.3 Å². The largest absolute Gasteiger partial charge is 0.468 e. The number of ether oxygens (including phenoxy) is 1. The molecular weight excluding hydrogens is 306 g/mol. The van der Waals surface area contributed by atoms with E-state index in [-0.39, 0.29) is 12.1 Å². The molecule has 0 aromatic carbocycles. The van der Waals surface area contributed by atoms with Crippen LogP contribution in [-0.4, -0.2) is 61.3 Å². The quantitative estimate of drug-likeness (QED) is 0.894. The SMILES string of the molecule is CN(Cc1ccco1)C[C@H]1OC[C@@H]2CCN(C(=O)NC3CC3)C[C@@H]21. The highest BCUT2D eigenvalue weighted by atomic mass is 16.5. The highest BCUT2D eigenvalue weighted by Crippen LogP contribution is 2.35. The number of hydrogen-bond donors (Lipinski definition) is 1. The first kappa shape index (κ1) is 16.0. The standard InChI is InChI=1S/C18H27N3O3/c1-20(9-15-3-2-8-23-15)11-17-16-10-21(7-6-13(16)12-24-17)18(22)19-14-4-5-14/h2-3,8,13-14,16-17H,4-7,9-12H2,1H3,(H,19,22)/t13-,16-,17+/m0/s1. The molecule has 0 radical (unpaired) electrons. The number of piperidine rings is 1. The lowest BCUT2D eigenvalue weighted by atomic mass is 9.84. The zero-order valence-corrected chi connectivity index (χ0v) is 14.3. The fourth-order valence-corrected chi connectivity index (χ4v) is 3.94. The Kier molecular flexibility index (Phi) is 4.50. The van der Waals surface area contributed by atoms with Gasteiger partial charge in [-0.3, -0.25) is 4.90 Å². The minimum atomic E-state index is 0.116. The fraction of sp³-hybridized carbons (Fsp3) is 0.722. The van der Waals surface area contributed by atoms with Crippen molar-refractivity contribution in [1.29, 1.82) is 0 Å². The minimum absolute atomic E-state index is 0.116. The first-order valence-corrected chi connectivity index (χ1v) is 9.07. The van der Waals surface area contributed by atoms with Gasteiger partial charge in [-0.2, -0.15) is 0 Å². The molecule has 24 heavy (non-hydrogen) atoms. The summed E-state index contributed by atoms with van der Waals surface area (Å²) in [4.78, 5) is 16.6. The third-order valence-electron chi connectivity index (χ3n) is 5.50. The molecule has 1 N–H and O–H groups in total. The molecule has 3 atom stereocenters. The van der Waals surface area contributed by atoms with Crippen molar-refractivity contribution in [2.45, 2.75) is 38.0 Å². The van der Waals surface area contributed by atoms with E-state index < -0.39 is 0 Å². The van der Waals surface area contributed by atoms with Crippen LogP contribution in [0.3, 0.4) is 0 Å². The van der Waals surface area contributed by atoms with Gasteiger partial charge in [0.05, 0.1) is 25.5 Å². The first-order chi connectivity index (χ1) is 11.7. The van der Waals surface area contributed by atoms with E-state index >= 15 is 0 Å². The van der Waals surface area contributed by atoms with Crippen molar-refractivity contribution in [1.82, 2.24) is 15.1 Å². The normalized spacial score (nSPS) is 29.8. The van der Waals surface area contributed by atoms with Crippen LogP contribution in [0.15, 0.2) is 22.8 Å². The van der Waals surface area contributed by atoms with E-state index in [1.165, 1.54) is 0 Å². The van der Waals surface area contributed by atoms with Gasteiger partial charge in [0.2, 0.25) is 0 Å². The van der Waals surface area contributed by atoms with Crippen molar-refractivity contribution in [3.05, 3.63) is 24.2 Å². The lowest BCUT2D eigenvalue weighted by Crippen LogP contribution is -2.50. The van der Waals surface area contributed by atoms with Crippen LogP contribution in [0.1, 0.15) is 25.0 Å². The van der Waals surface area contributed by atoms with Crippen LogP contribution < -0.4 is 5.32 Å². The fourth-order valence-electron chi connectivity index (χ4n) is 3.94. The van der Waals surface area contributed by atoms with Crippen molar-refractivity contribution < 1.29 is 13.9 Å². The number of nitrogens with one attached hydrogen (secondary N) is 1. The molecule has 0 spiro atoms. The maximum atomic E-state index is 12.3. The molecule has 132 valence electrons. The van der Waals surface area contributed by atoms with E-state index in [2.05, 4.69) is 17.3 Å². The van der Waals surface area contributed by atoms with Crippen molar-refractivity contribution in [3.8, 4) is 0 Å². The molecule has 3 aliphatic rings. The van der Waals surface area contributed by atoms with Gasteiger partial charge in [0.25, 0.3) is 0 Å². The molecule has 2 amide bonds. The number of furan rings is 1. The predicted molar refractivity (Wildman–Crippen MR) is 89.5 cm³/mol. The van der Waals surface area contributed by atoms with Gasteiger partial charge in [-0.1, -0.05) is 0 Å². The number of carbonyl (C=O) groups is 1. The Balaban J connectivity index is 1.32. The Labute approximate surface area is 143 Å². The molecule has 4 rings (SSSR count). The number of hydrogen-bond acceptors (Lipinski definition) is 4. The van der Waals surface area contributed by atoms with E-state index in [0.717, 1.165) is 57.8 Å². The zero-order valence-electron chi connectivity index (χ0n) is 14.3. The summed E-state index contributed by atoms with van der Waals surface area (Å²) < 4.78 is 11.5. The summed E-state index contributed by atoms with van der Waals surface area (Å²) in [5.74, 6) is 2.01. The van der Waals surface area contributed by atoms with Crippen LogP contribution in [0.2, 0.25) is 0 Å². The average molecular weight is 333 g/mol. The van der Waals surface area contributed by atoms with Crippen LogP contribution in [0.5, 0.6) is 0 Å². The number of amides is 2. The number of likely N-dealkylation sites (tertiary alicyclic amines) is 1. The highest BCUT2D eigenvalue weighted by Gasteiger charge is 2.42. The van der Waals surface area contributed by atoms with Gasteiger partial charge in [-0.15, -0.1) is 0 Å². The van der Waals surface area contributed by atoms with Gasteiger partial charge < -0.3 is 19.4 Å². The van der Waals surface area contributed by atoms with Crippen molar-refractivity contribution in [2.75, 3.05) is 33.3 Å². The van der Waals surface area contributed by atoms with Gasteiger partial charge in [0.15, 0.2) is 0 Å². The lowest BCUT2D eigenvalue weighted by molar-refractivity contribution is 0.0510. The molecular formula is C18H27N3O3. The summed E-state index contributed by atoms with van der Waals surface area (Å²) in [7, 11) is 2.10. The van der Waals surface area contributed by atoms with E-state index in [0.29, 0.717) is 17.9 Å². The van der Waals surface area contributed by atoms with Crippen molar-refractivity contribution in [3.63, 3.8) is 0 Å². The molecule has 3 heterocycles. The second-order valence-corrected chi connectivity index (χ2v) is 7.53. The molecule has 2 saturated heterocycles. The number of nitrogens with zero attached hydrogens (tertiary/aromatic N) is 2. The number of fused-ring (bicyclic) bond motifs is 1. The Morgan fingerprint density at radius 1 is 1.42 bits per heavy atom. The van der Waals surface area contributed by atoms with E-state index in [1.54, 1.807) is 6.26 Å². The molecule has 3 fully saturated rings. The summed E-state index contributed by atoms with van der Waals surface area (Å²) in [5, 5.41) is 3.11. The Hall–Kier alpha value is -1.53. The van der Waals surface area contributed by atoms with Crippen LogP contribution in [0.4, 0.5) is 4.79 Å². The van der Waals surface area contributed by atoms with Crippen molar-refractivity contribution >= 4 is 6.03 Å². The predicted octanol–water partition coefficient (Wildman–Crippen LogP) is 1.92. The lowest BCUT2D eigenvalue weighted by Gasteiger charge is -2.36. The zero-order chi connectivity index (χ0) is 16.5. The maximum absolute atomic E-state index is 12.3. The molecule has 6 nitrogen and oxygen atoms in total. The summed E-state index contributed by atoms with van der Waals surface area (Å²) in [6.45, 7) is 4.18. The van der Waals surface area contributed by atoms with Gasteiger partial charge in [-0.25, -0.2) is 4.79 Å². The summed E-state index contributed by atoms with van der Waals surface area (Å²) in [6, 6.07) is 4.46. The topological polar surface area (TPSA) is 58.0 Å². The number of rotatable bonds is 5. The number of urea groups is 1. The number of carbonyl (C=O) groups excluding carboxylic acids is 1. The average Bonchev–Trinajstić information content (AvgIpc) is 3.07. The molecule has 1 aromatic rings. The van der Waals surface area contributed by atoms with Crippen LogP contribution >= 0.6 is 0 Å². The Morgan fingerprint density at radius 2 is 2.29 bits per heavy atom. The second kappa shape index (κ2) is 6.76. The van der Waals surface area contributed by atoms with E-state index in [1.807, 2.05) is 17.0 Å². The molecule has 1 aromatic heterocycles. The van der Waals surface area contributed by atoms with Crippen molar-refractivity contribution in [2.24, 2.45) is 11.8 Å². The van der Waals surface area contributed by atoms with Gasteiger partial charge >= 0.3 is 6.03 Å². The summed E-state index contributed by atoms with van der Waals surface area (Å²) in [5.41, 5.74) is 0. The summed E-state index contributed by atoms with van der Waals surface area (Å²) >= 11 is 0. The molecule has 0 bridgehead atoms. The molecule has 2 aliphatic heterocycles. The molecule has 6 heteroatoms. The Morgan fingerprint density at radius 3 is 3.04 bits per heavy atom. The highest BCUT2D eigenvalue weighted by molar-refractivity contribution is 5.75. The minimum Gasteiger partial charge on any atom is -0.468 e. The number of likely N-dealkylation sites (N-methyl/N-ethyl adjacent to an activating group) is 1. The summed E-state index contributed by atoms with van der Waals surface area (Å²) in [6.07, 6.45) is 5.24. The Bertz CT molecular complexity index is 558. The monoisotopic (exact) mass is 333 g/mol.